The fraction of sp³-hybridized carbons (Fsp3) is 0.0588. The zero-order valence-electron chi connectivity index (χ0n) is 11.9. The number of hydrogen-bond donors (Lipinski definition) is 0. The van der Waals surface area contributed by atoms with Gasteiger partial charge in [0.2, 0.25) is 5.78 Å². The molecule has 116 valence electrons. The Balaban J connectivity index is 1.97. The number of Topliss-reactive ketones (excluding diaryl/α,β-unsaturated/α-hetero) is 1. The highest BCUT2D eigenvalue weighted by atomic mass is 35.5. The third kappa shape index (κ3) is 2.96. The number of allylic oxidation sites excluding steroid dienone is 1. The Kier molecular flexibility index (Phi) is 3.88. The molecule has 0 radical (unpaired) electrons. The molecule has 23 heavy (non-hydrogen) atoms. The second-order valence-corrected chi connectivity index (χ2v) is 5.23. The maximum atomic E-state index is 13.8. The molecule has 1 aliphatic heterocycles. The summed E-state index contributed by atoms with van der Waals surface area (Å²) < 4.78 is 24.2. The molecule has 1 aliphatic rings. The van der Waals surface area contributed by atoms with Crippen LogP contribution in [0.1, 0.15) is 22.8 Å². The number of carbonyl (C=O) groups excluding carboxylic acids is 2. The number of esters is 1. The summed E-state index contributed by atoms with van der Waals surface area (Å²) in [6, 6.07) is 8.63. The zero-order valence-corrected chi connectivity index (χ0v) is 12.7. The summed E-state index contributed by atoms with van der Waals surface area (Å²) in [6.45, 7) is 1.27. The Bertz CT molecular complexity index is 837. The molecule has 0 atom stereocenters. The first-order valence-electron chi connectivity index (χ1n) is 6.66. The van der Waals surface area contributed by atoms with Crippen molar-refractivity contribution in [3.8, 4) is 11.5 Å². The largest absolute Gasteiger partial charge is 0.452 e. The molecule has 6 heteroatoms. The molecule has 2 aromatic rings. The first kappa shape index (κ1) is 15.2. The van der Waals surface area contributed by atoms with Crippen molar-refractivity contribution in [1.82, 2.24) is 0 Å². The fourth-order valence-corrected chi connectivity index (χ4v) is 2.39. The van der Waals surface area contributed by atoms with Crippen molar-refractivity contribution in [2.45, 2.75) is 6.92 Å². The van der Waals surface area contributed by atoms with Crippen LogP contribution in [0.15, 0.2) is 42.2 Å². The zero-order chi connectivity index (χ0) is 16.6. The van der Waals surface area contributed by atoms with E-state index in [1.807, 2.05) is 0 Å². The minimum Gasteiger partial charge on any atom is -0.452 e. The van der Waals surface area contributed by atoms with E-state index in [0.29, 0.717) is 5.56 Å². The maximum absolute atomic E-state index is 13.8. The van der Waals surface area contributed by atoms with Crippen molar-refractivity contribution >= 4 is 29.4 Å². The maximum Gasteiger partial charge on any atom is 0.308 e. The smallest absolute Gasteiger partial charge is 0.308 e. The van der Waals surface area contributed by atoms with Crippen molar-refractivity contribution in [3.63, 3.8) is 0 Å². The van der Waals surface area contributed by atoms with Crippen molar-refractivity contribution < 1.29 is 23.5 Å². The number of halogens is 2. The summed E-state index contributed by atoms with van der Waals surface area (Å²) in [6.07, 6.45) is 1.26. The molecule has 0 N–H and O–H groups in total. The standard InChI is InChI=1S/C17H10ClFO4/c1-9(20)22-10-5-6-11-15(7-10)23-16(17(11)21)8-12-13(18)3-2-4-14(12)19/h2-8H,1H3. The molecule has 0 fully saturated rings. The number of ether oxygens (including phenoxy) is 2. The molecule has 0 saturated carbocycles. The molecule has 3 rings (SSSR count). The van der Waals surface area contributed by atoms with Crippen LogP contribution in [-0.2, 0) is 4.79 Å². The van der Waals surface area contributed by atoms with E-state index in [9.17, 15) is 14.0 Å². The highest BCUT2D eigenvalue weighted by molar-refractivity contribution is 6.32. The molecule has 0 aromatic heterocycles. The van der Waals surface area contributed by atoms with Crippen LogP contribution in [0.4, 0.5) is 4.39 Å². The lowest BCUT2D eigenvalue weighted by molar-refractivity contribution is -0.131. The van der Waals surface area contributed by atoms with Crippen molar-refractivity contribution in [2.75, 3.05) is 0 Å². The van der Waals surface area contributed by atoms with E-state index in [-0.39, 0.29) is 27.8 Å². The third-order valence-electron chi connectivity index (χ3n) is 3.18. The average molecular weight is 333 g/mol. The van der Waals surface area contributed by atoms with Crippen LogP contribution in [-0.4, -0.2) is 11.8 Å². The molecular formula is C17H10ClFO4. The highest BCUT2D eigenvalue weighted by Gasteiger charge is 2.28. The summed E-state index contributed by atoms with van der Waals surface area (Å²) in [7, 11) is 0. The molecule has 0 amide bonds. The quantitative estimate of drug-likeness (QED) is 0.473. The van der Waals surface area contributed by atoms with E-state index in [1.54, 1.807) is 0 Å². The Morgan fingerprint density at radius 2 is 2.09 bits per heavy atom. The van der Waals surface area contributed by atoms with E-state index in [2.05, 4.69) is 0 Å². The lowest BCUT2D eigenvalue weighted by atomic mass is 10.1. The number of rotatable bonds is 2. The van der Waals surface area contributed by atoms with Crippen molar-refractivity contribution in [2.24, 2.45) is 0 Å². The van der Waals surface area contributed by atoms with Gasteiger partial charge in [-0.15, -0.1) is 0 Å². The highest BCUT2D eigenvalue weighted by Crippen LogP contribution is 2.35. The van der Waals surface area contributed by atoms with Gasteiger partial charge in [0.1, 0.15) is 17.3 Å². The van der Waals surface area contributed by atoms with Crippen LogP contribution in [0.2, 0.25) is 5.02 Å². The SMILES string of the molecule is CC(=O)Oc1ccc2c(c1)OC(=Cc1c(F)cccc1Cl)C2=O. The van der Waals surface area contributed by atoms with Gasteiger partial charge in [-0.2, -0.15) is 0 Å². The molecule has 0 bridgehead atoms. The van der Waals surface area contributed by atoms with Gasteiger partial charge in [0.05, 0.1) is 10.6 Å². The van der Waals surface area contributed by atoms with Crippen LogP contribution in [0.3, 0.4) is 0 Å². The topological polar surface area (TPSA) is 52.6 Å². The number of carbonyl (C=O) groups is 2. The third-order valence-corrected chi connectivity index (χ3v) is 3.51. The Morgan fingerprint density at radius 3 is 2.78 bits per heavy atom. The Labute approximate surface area is 136 Å². The summed E-state index contributed by atoms with van der Waals surface area (Å²) >= 11 is 5.94. The van der Waals surface area contributed by atoms with E-state index < -0.39 is 17.6 Å². The predicted octanol–water partition coefficient (Wildman–Crippen LogP) is 4.02. The van der Waals surface area contributed by atoms with Gasteiger partial charge in [-0.1, -0.05) is 17.7 Å². The van der Waals surface area contributed by atoms with Crippen LogP contribution in [0.25, 0.3) is 6.08 Å². The predicted molar refractivity (Wildman–Crippen MR) is 82.1 cm³/mol. The van der Waals surface area contributed by atoms with E-state index in [1.165, 1.54) is 49.4 Å². The van der Waals surface area contributed by atoms with Gasteiger partial charge >= 0.3 is 5.97 Å². The molecule has 0 spiro atoms. The van der Waals surface area contributed by atoms with Gasteiger partial charge in [-0.25, -0.2) is 4.39 Å². The second-order valence-electron chi connectivity index (χ2n) is 4.83. The number of ketones is 1. The van der Waals surface area contributed by atoms with Gasteiger partial charge in [0.25, 0.3) is 0 Å². The summed E-state index contributed by atoms with van der Waals surface area (Å²) in [5, 5.41) is 0.172. The van der Waals surface area contributed by atoms with E-state index >= 15 is 0 Å². The fourth-order valence-electron chi connectivity index (χ4n) is 2.18. The van der Waals surface area contributed by atoms with Crippen LogP contribution in [0, 0.1) is 5.82 Å². The average Bonchev–Trinajstić information content (AvgIpc) is 2.78. The lowest BCUT2D eigenvalue weighted by Gasteiger charge is -2.03. The molecule has 2 aromatic carbocycles. The number of benzene rings is 2. The Hall–Kier alpha value is -2.66. The van der Waals surface area contributed by atoms with Crippen LogP contribution in [0.5, 0.6) is 11.5 Å². The minimum absolute atomic E-state index is 0.0491. The summed E-state index contributed by atoms with van der Waals surface area (Å²) in [5.41, 5.74) is 0.380. The van der Waals surface area contributed by atoms with Crippen molar-refractivity contribution in [3.05, 3.63) is 64.1 Å². The minimum atomic E-state index is -0.557. The molecular weight excluding hydrogens is 323 g/mol. The van der Waals surface area contributed by atoms with Gasteiger partial charge in [0.15, 0.2) is 5.76 Å². The van der Waals surface area contributed by atoms with E-state index in [4.69, 9.17) is 21.1 Å². The first-order chi connectivity index (χ1) is 11.0. The lowest BCUT2D eigenvalue weighted by Crippen LogP contribution is -2.01. The van der Waals surface area contributed by atoms with Gasteiger partial charge in [0, 0.05) is 18.6 Å². The Morgan fingerprint density at radius 1 is 1.30 bits per heavy atom. The molecule has 0 saturated heterocycles. The van der Waals surface area contributed by atoms with Gasteiger partial charge < -0.3 is 9.47 Å². The van der Waals surface area contributed by atoms with Crippen molar-refractivity contribution in [1.29, 1.82) is 0 Å². The number of hydrogen-bond acceptors (Lipinski definition) is 4. The number of fused-ring (bicyclic) bond motifs is 1. The first-order valence-corrected chi connectivity index (χ1v) is 7.04. The molecule has 0 unspecified atom stereocenters. The molecule has 4 nitrogen and oxygen atoms in total. The molecule has 0 aliphatic carbocycles. The summed E-state index contributed by atoms with van der Waals surface area (Å²) in [4.78, 5) is 23.3. The normalized spacial score (nSPS) is 14.6. The molecule has 1 heterocycles. The monoisotopic (exact) mass is 332 g/mol. The van der Waals surface area contributed by atoms with Crippen LogP contribution >= 0.6 is 11.6 Å². The van der Waals surface area contributed by atoms with E-state index in [0.717, 1.165) is 0 Å². The second kappa shape index (κ2) is 5.85. The van der Waals surface area contributed by atoms with Gasteiger partial charge in [-0.3, -0.25) is 9.59 Å². The van der Waals surface area contributed by atoms with Crippen LogP contribution < -0.4 is 9.47 Å². The van der Waals surface area contributed by atoms with Gasteiger partial charge in [-0.05, 0) is 30.3 Å². The summed E-state index contributed by atoms with van der Waals surface area (Å²) in [5.74, 6) is -0.983.